The number of rotatable bonds is 7. The minimum atomic E-state index is -0.322. The Morgan fingerprint density at radius 3 is 1.18 bits per heavy atom. The van der Waals surface area contributed by atoms with Crippen molar-refractivity contribution in [1.82, 2.24) is 14.1 Å². The Morgan fingerprint density at radius 1 is 0.474 bits per heavy atom. The van der Waals surface area contributed by atoms with Crippen molar-refractivity contribution in [3.63, 3.8) is 0 Å². The van der Waals surface area contributed by atoms with E-state index in [1.54, 1.807) is 11.3 Å². The van der Waals surface area contributed by atoms with E-state index in [0.717, 1.165) is 55.1 Å². The smallest absolute Gasteiger partial charge is 0.266 e. The molecule has 1 N–H and O–H groups in total. The predicted octanol–water partition coefficient (Wildman–Crippen LogP) is 17.0. The van der Waals surface area contributed by atoms with Gasteiger partial charge in [0.15, 0.2) is 5.57 Å². The summed E-state index contributed by atoms with van der Waals surface area (Å²) in [5, 5.41) is 23.8. The molecular formula is C69H64N6OS2. The zero-order valence-corrected chi connectivity index (χ0v) is 48.2. The second kappa shape index (κ2) is 19.1. The minimum Gasteiger partial charge on any atom is -0.311 e. The highest BCUT2D eigenvalue weighted by molar-refractivity contribution is 7.16. The lowest BCUT2D eigenvalue weighted by Gasteiger charge is -2.26. The number of anilines is 3. The first-order valence-corrected chi connectivity index (χ1v) is 28.3. The monoisotopic (exact) mass is 1060 g/mol. The lowest BCUT2D eigenvalue weighted by Crippen LogP contribution is -2.19. The van der Waals surface area contributed by atoms with Crippen molar-refractivity contribution in [2.45, 2.75) is 105 Å². The molecule has 0 saturated carbocycles. The Hall–Kier alpha value is -8.21. The number of thiazole rings is 1. The van der Waals surface area contributed by atoms with Gasteiger partial charge in [-0.1, -0.05) is 119 Å². The second-order valence-corrected chi connectivity index (χ2v) is 26.9. The number of hydrogen-bond donors (Lipinski definition) is 1. The molecule has 0 radical (unpaired) electrons. The number of thiophene rings is 1. The molecule has 78 heavy (non-hydrogen) atoms. The number of hydrogen-bond acceptors (Lipinski definition) is 6. The Balaban J connectivity index is 1.02. The number of benzene rings is 7. The molecule has 7 aromatic carbocycles. The van der Waals surface area contributed by atoms with Crippen LogP contribution in [0.3, 0.4) is 0 Å². The SMILES string of the molecule is CC(C)(C)c1ccc2c(c1)c1cc(C(C)(C)C)ccc1n2-c1ccc(N(c2ccc(-c3ccc(/C=c4\sc(=C(C#N)C#N)[nH]c4=O)s3)cc2)c2ccc(-n3c4ccc(C(C)(C)C)cc4c4cc(C(C)(C)C)ccc43)cc2)cc1. The van der Waals surface area contributed by atoms with Gasteiger partial charge in [-0.05, 0) is 177 Å². The van der Waals surface area contributed by atoms with Gasteiger partial charge < -0.3 is 19.0 Å². The molecule has 0 aliphatic rings. The largest absolute Gasteiger partial charge is 0.311 e. The fourth-order valence-corrected chi connectivity index (χ4v) is 12.5. The summed E-state index contributed by atoms with van der Waals surface area (Å²) in [6, 6.07) is 62.4. The van der Waals surface area contributed by atoms with E-state index in [0.29, 0.717) is 4.53 Å². The summed E-state index contributed by atoms with van der Waals surface area (Å²) in [7, 11) is 0. The van der Waals surface area contributed by atoms with E-state index in [4.69, 9.17) is 0 Å². The highest BCUT2D eigenvalue weighted by Crippen LogP contribution is 2.43. The Bertz CT molecular complexity index is 4090. The summed E-state index contributed by atoms with van der Waals surface area (Å²) in [6.07, 6.45) is 1.81. The lowest BCUT2D eigenvalue weighted by molar-refractivity contribution is 0.590. The van der Waals surface area contributed by atoms with E-state index in [2.05, 4.69) is 254 Å². The first-order chi connectivity index (χ1) is 37.0. The molecule has 0 aliphatic heterocycles. The third-order valence-electron chi connectivity index (χ3n) is 15.2. The fraction of sp³-hybridized carbons (Fsp3) is 0.232. The first-order valence-electron chi connectivity index (χ1n) is 26.6. The molecule has 0 bridgehead atoms. The number of aromatic amines is 1. The summed E-state index contributed by atoms with van der Waals surface area (Å²) >= 11 is 2.70. The number of nitriles is 2. The third-order valence-corrected chi connectivity index (χ3v) is 17.3. The van der Waals surface area contributed by atoms with Gasteiger partial charge in [0, 0.05) is 59.7 Å². The van der Waals surface area contributed by atoms with E-state index in [1.165, 1.54) is 65.9 Å². The summed E-state index contributed by atoms with van der Waals surface area (Å²) in [5.41, 5.74) is 15.9. The van der Waals surface area contributed by atoms with Crippen LogP contribution in [0.1, 0.15) is 110 Å². The molecule has 7 nitrogen and oxygen atoms in total. The number of aromatic nitrogens is 3. The van der Waals surface area contributed by atoms with Gasteiger partial charge in [-0.2, -0.15) is 10.5 Å². The Morgan fingerprint density at radius 2 is 0.833 bits per heavy atom. The molecule has 4 heterocycles. The van der Waals surface area contributed by atoms with Crippen molar-refractivity contribution in [1.29, 1.82) is 10.5 Å². The highest BCUT2D eigenvalue weighted by atomic mass is 32.1. The molecule has 11 aromatic rings. The average molecular weight is 1060 g/mol. The molecule has 388 valence electrons. The van der Waals surface area contributed by atoms with E-state index in [1.807, 2.05) is 24.3 Å². The maximum Gasteiger partial charge on any atom is 0.266 e. The Kier molecular flexibility index (Phi) is 12.7. The van der Waals surface area contributed by atoms with Crippen LogP contribution in [0.2, 0.25) is 0 Å². The van der Waals surface area contributed by atoms with Crippen LogP contribution < -0.4 is 19.7 Å². The number of fused-ring (bicyclic) bond motifs is 6. The molecule has 0 unspecified atom stereocenters. The van der Waals surface area contributed by atoms with Crippen LogP contribution in [-0.4, -0.2) is 14.1 Å². The molecule has 0 saturated heterocycles. The van der Waals surface area contributed by atoms with Crippen LogP contribution in [0, 0.1) is 22.7 Å². The lowest BCUT2D eigenvalue weighted by atomic mass is 9.85. The normalized spacial score (nSPS) is 12.7. The summed E-state index contributed by atoms with van der Waals surface area (Å²) in [6.45, 7) is 27.4. The van der Waals surface area contributed by atoms with Crippen LogP contribution in [-0.2, 0) is 21.7 Å². The summed E-state index contributed by atoms with van der Waals surface area (Å²) in [4.78, 5) is 19.8. The van der Waals surface area contributed by atoms with Crippen molar-refractivity contribution in [2.24, 2.45) is 0 Å². The van der Waals surface area contributed by atoms with Crippen LogP contribution in [0.25, 0.3) is 77.1 Å². The van der Waals surface area contributed by atoms with Crippen LogP contribution in [0.4, 0.5) is 17.1 Å². The van der Waals surface area contributed by atoms with Crippen LogP contribution >= 0.6 is 22.7 Å². The molecule has 11 rings (SSSR count). The third kappa shape index (κ3) is 9.46. The van der Waals surface area contributed by atoms with Crippen molar-refractivity contribution < 1.29 is 0 Å². The van der Waals surface area contributed by atoms with Gasteiger partial charge in [0.2, 0.25) is 0 Å². The van der Waals surface area contributed by atoms with Crippen LogP contribution in [0.5, 0.6) is 0 Å². The van der Waals surface area contributed by atoms with Gasteiger partial charge >= 0.3 is 0 Å². The molecular weight excluding hydrogens is 993 g/mol. The fourth-order valence-electron chi connectivity index (χ4n) is 10.6. The molecule has 0 atom stereocenters. The molecule has 0 spiro atoms. The maximum absolute atomic E-state index is 12.8. The zero-order chi connectivity index (χ0) is 55.2. The molecule has 4 aromatic heterocycles. The van der Waals surface area contributed by atoms with Gasteiger partial charge in [-0.3, -0.25) is 4.79 Å². The van der Waals surface area contributed by atoms with Gasteiger partial charge in [0.1, 0.15) is 16.8 Å². The first kappa shape index (κ1) is 51.9. The van der Waals surface area contributed by atoms with E-state index in [9.17, 15) is 15.3 Å². The van der Waals surface area contributed by atoms with Crippen molar-refractivity contribution in [3.8, 4) is 34.0 Å². The van der Waals surface area contributed by atoms with Crippen molar-refractivity contribution >= 4 is 95.0 Å². The summed E-state index contributed by atoms with van der Waals surface area (Å²) in [5.74, 6) is 0. The summed E-state index contributed by atoms with van der Waals surface area (Å²) < 4.78 is 5.53. The van der Waals surface area contributed by atoms with Gasteiger partial charge in [0.25, 0.3) is 5.56 Å². The standard InChI is InChI=1S/C69H64N6OS2/c1-66(2,3)44-15-30-58-54(35-44)55-36-45(67(4,5)6)16-31-59(55)74(58)51-25-21-49(22-26-51)73(48-19-13-42(14-20-48)62-34-29-53(77-62)39-63-64(76)72-65(78-63)43(40-70)41-71)50-23-27-52(28-24-50)75-60-32-17-46(68(7,8)9)37-56(60)57-38-47(69(10,11)12)18-33-61(57)75/h13-39H,1-12H3,(H,72,76)/b63-39-. The van der Waals surface area contributed by atoms with E-state index < -0.39 is 0 Å². The van der Waals surface area contributed by atoms with E-state index >= 15 is 0 Å². The topological polar surface area (TPSA) is 93.5 Å². The number of nitrogens with zero attached hydrogens (tertiary/aromatic N) is 5. The van der Waals surface area contributed by atoms with Crippen molar-refractivity contribution in [2.75, 3.05) is 4.90 Å². The second-order valence-electron chi connectivity index (χ2n) is 24.7. The van der Waals surface area contributed by atoms with Gasteiger partial charge in [0.05, 0.1) is 26.6 Å². The maximum atomic E-state index is 12.8. The average Bonchev–Trinajstić information content (AvgIpc) is 4.36. The number of H-pyrrole nitrogens is 1. The molecule has 0 aliphatic carbocycles. The molecule has 9 heteroatoms. The molecule has 0 fully saturated rings. The van der Waals surface area contributed by atoms with Gasteiger partial charge in [-0.15, -0.1) is 22.7 Å². The highest BCUT2D eigenvalue weighted by Gasteiger charge is 2.24. The molecule has 0 amide bonds. The Labute approximate surface area is 464 Å². The van der Waals surface area contributed by atoms with Crippen molar-refractivity contribution in [3.05, 3.63) is 204 Å². The quantitative estimate of drug-likeness (QED) is 0.172. The minimum absolute atomic E-state index is 0.00691. The number of nitrogens with one attached hydrogen (secondary N) is 1. The predicted molar refractivity (Wildman–Crippen MR) is 330 cm³/mol. The van der Waals surface area contributed by atoms with E-state index in [-0.39, 0.29) is 37.5 Å². The van der Waals surface area contributed by atoms with Gasteiger partial charge in [-0.25, -0.2) is 0 Å². The van der Waals surface area contributed by atoms with Crippen LogP contribution in [0.15, 0.2) is 163 Å². The zero-order valence-electron chi connectivity index (χ0n) is 46.5.